The van der Waals surface area contributed by atoms with Gasteiger partial charge in [-0.2, -0.15) is 0 Å². The topological polar surface area (TPSA) is 0 Å². The van der Waals surface area contributed by atoms with Crippen molar-refractivity contribution in [3.63, 3.8) is 0 Å². The Morgan fingerprint density at radius 2 is 1.62 bits per heavy atom. The van der Waals surface area contributed by atoms with Gasteiger partial charge in [-0.25, -0.2) is 0 Å². The van der Waals surface area contributed by atoms with E-state index in [-0.39, 0.29) is 0 Å². The smallest absolute Gasteiger partial charge is 0.0544 e. The second-order valence-corrected chi connectivity index (χ2v) is 5.36. The van der Waals surface area contributed by atoms with Gasteiger partial charge in [0, 0.05) is 10.6 Å². The van der Waals surface area contributed by atoms with E-state index in [1.165, 1.54) is 21.6 Å². The molecule has 0 spiro atoms. The van der Waals surface area contributed by atoms with E-state index in [0.29, 0.717) is 0 Å². The lowest BCUT2D eigenvalue weighted by Crippen LogP contribution is -1.91. The zero-order chi connectivity index (χ0) is 11.0. The minimum absolute atomic E-state index is 0.885. The van der Waals surface area contributed by atoms with Crippen LogP contribution in [0.5, 0.6) is 0 Å². The highest BCUT2D eigenvalue weighted by Crippen LogP contribution is 2.37. The number of benzene rings is 2. The van der Waals surface area contributed by atoms with E-state index in [1.807, 2.05) is 23.9 Å². The maximum absolute atomic E-state index is 6.24. The van der Waals surface area contributed by atoms with Crippen LogP contribution in [-0.4, -0.2) is 0 Å². The van der Waals surface area contributed by atoms with Crippen LogP contribution in [0.15, 0.2) is 47.4 Å². The number of rotatable bonds is 0. The number of hydrogen-bond donors (Lipinski definition) is 0. The van der Waals surface area contributed by atoms with E-state index < -0.39 is 0 Å². The maximum atomic E-state index is 6.24. The highest BCUT2D eigenvalue weighted by Gasteiger charge is 2.14. The van der Waals surface area contributed by atoms with Crippen molar-refractivity contribution in [1.29, 1.82) is 0 Å². The fraction of sp³-hybridized carbons (Fsp3) is 0.143. The summed E-state index contributed by atoms with van der Waals surface area (Å²) in [6.07, 6.45) is 0.999. The standard InChI is InChI=1S/C14H11ClS/c15-13-7-3-6-11-8-10-4-1-2-5-12(10)9-16-14(11)13/h1-7H,8-9H2. The summed E-state index contributed by atoms with van der Waals surface area (Å²) in [6.45, 7) is 0. The molecule has 2 aromatic carbocycles. The van der Waals surface area contributed by atoms with Gasteiger partial charge < -0.3 is 0 Å². The van der Waals surface area contributed by atoms with Crippen LogP contribution in [0.2, 0.25) is 5.02 Å². The molecule has 0 aliphatic carbocycles. The van der Waals surface area contributed by atoms with Gasteiger partial charge in [-0.1, -0.05) is 48.0 Å². The van der Waals surface area contributed by atoms with E-state index in [0.717, 1.165) is 17.2 Å². The third-order valence-corrected chi connectivity index (χ3v) is 4.57. The van der Waals surface area contributed by atoms with Crippen molar-refractivity contribution >= 4 is 23.4 Å². The van der Waals surface area contributed by atoms with Crippen molar-refractivity contribution in [3.8, 4) is 0 Å². The van der Waals surface area contributed by atoms with Gasteiger partial charge >= 0.3 is 0 Å². The second-order valence-electron chi connectivity index (χ2n) is 3.96. The molecule has 0 nitrogen and oxygen atoms in total. The van der Waals surface area contributed by atoms with E-state index in [9.17, 15) is 0 Å². The highest BCUT2D eigenvalue weighted by atomic mass is 35.5. The van der Waals surface area contributed by atoms with Crippen molar-refractivity contribution in [2.24, 2.45) is 0 Å². The minimum atomic E-state index is 0.885. The third kappa shape index (κ3) is 1.74. The Balaban J connectivity index is 2.12. The van der Waals surface area contributed by atoms with Crippen molar-refractivity contribution in [2.45, 2.75) is 17.1 Å². The van der Waals surface area contributed by atoms with E-state index in [1.54, 1.807) is 0 Å². The lowest BCUT2D eigenvalue weighted by molar-refractivity contribution is 1.12. The van der Waals surface area contributed by atoms with E-state index >= 15 is 0 Å². The zero-order valence-corrected chi connectivity index (χ0v) is 10.3. The lowest BCUT2D eigenvalue weighted by atomic mass is 10.0. The lowest BCUT2D eigenvalue weighted by Gasteiger charge is -2.06. The fourth-order valence-electron chi connectivity index (χ4n) is 2.08. The van der Waals surface area contributed by atoms with Gasteiger partial charge in [0.05, 0.1) is 5.02 Å². The molecule has 0 N–H and O–H groups in total. The molecule has 3 rings (SSSR count). The quantitative estimate of drug-likeness (QED) is 0.658. The highest BCUT2D eigenvalue weighted by molar-refractivity contribution is 7.98. The summed E-state index contributed by atoms with van der Waals surface area (Å²) in [5.41, 5.74) is 4.21. The van der Waals surface area contributed by atoms with Crippen molar-refractivity contribution in [2.75, 3.05) is 0 Å². The summed E-state index contributed by atoms with van der Waals surface area (Å²) >= 11 is 8.08. The normalized spacial score (nSPS) is 13.8. The molecule has 0 unspecified atom stereocenters. The zero-order valence-electron chi connectivity index (χ0n) is 8.74. The van der Waals surface area contributed by atoms with Crippen molar-refractivity contribution in [3.05, 3.63) is 64.2 Å². The largest absolute Gasteiger partial charge is 0.119 e. The molecule has 0 fully saturated rings. The van der Waals surface area contributed by atoms with Crippen LogP contribution in [-0.2, 0) is 12.2 Å². The number of thioether (sulfide) groups is 1. The fourth-order valence-corrected chi connectivity index (χ4v) is 3.55. The average Bonchev–Trinajstić information content (AvgIpc) is 2.48. The second kappa shape index (κ2) is 4.15. The molecule has 2 aromatic rings. The first kappa shape index (κ1) is 10.2. The summed E-state index contributed by atoms with van der Waals surface area (Å²) in [7, 11) is 0. The van der Waals surface area contributed by atoms with Crippen LogP contribution in [0.3, 0.4) is 0 Å². The SMILES string of the molecule is Clc1cccc2c1SCc1ccccc1C2. The molecular weight excluding hydrogens is 236 g/mol. The molecule has 0 saturated carbocycles. The number of fused-ring (bicyclic) bond motifs is 2. The molecule has 1 aliphatic heterocycles. The van der Waals surface area contributed by atoms with Gasteiger partial charge in [0.15, 0.2) is 0 Å². The molecule has 0 radical (unpaired) electrons. The summed E-state index contributed by atoms with van der Waals surface area (Å²) in [4.78, 5) is 1.25. The summed E-state index contributed by atoms with van der Waals surface area (Å²) in [5, 5.41) is 0.885. The average molecular weight is 247 g/mol. The van der Waals surface area contributed by atoms with Gasteiger partial charge in [0.2, 0.25) is 0 Å². The molecule has 1 aliphatic rings. The molecule has 0 aromatic heterocycles. The van der Waals surface area contributed by atoms with Gasteiger partial charge in [-0.3, -0.25) is 0 Å². The molecule has 16 heavy (non-hydrogen) atoms. The van der Waals surface area contributed by atoms with E-state index in [4.69, 9.17) is 11.6 Å². The Hall–Kier alpha value is -0.920. The first-order valence-electron chi connectivity index (χ1n) is 5.31. The molecule has 0 saturated heterocycles. The Morgan fingerprint density at radius 3 is 2.50 bits per heavy atom. The molecular formula is C14H11ClS. The Morgan fingerprint density at radius 1 is 0.875 bits per heavy atom. The predicted octanol–water partition coefficient (Wildman–Crippen LogP) is 4.54. The first-order valence-corrected chi connectivity index (χ1v) is 6.68. The molecule has 0 atom stereocenters. The van der Waals surface area contributed by atoms with Crippen LogP contribution in [0, 0.1) is 0 Å². The van der Waals surface area contributed by atoms with Crippen molar-refractivity contribution in [1.82, 2.24) is 0 Å². The Kier molecular flexibility index (Phi) is 2.66. The number of halogens is 1. The van der Waals surface area contributed by atoms with Crippen LogP contribution in [0.25, 0.3) is 0 Å². The molecule has 1 heterocycles. The Bertz CT molecular complexity index is 534. The predicted molar refractivity (Wildman–Crippen MR) is 70.3 cm³/mol. The molecule has 80 valence electrons. The van der Waals surface area contributed by atoms with Crippen LogP contribution >= 0.6 is 23.4 Å². The molecule has 0 amide bonds. The van der Waals surface area contributed by atoms with Gasteiger partial charge in [-0.15, -0.1) is 11.8 Å². The van der Waals surface area contributed by atoms with E-state index in [2.05, 4.69) is 30.3 Å². The number of hydrogen-bond acceptors (Lipinski definition) is 1. The van der Waals surface area contributed by atoms with Crippen molar-refractivity contribution < 1.29 is 0 Å². The minimum Gasteiger partial charge on any atom is -0.119 e. The first-order chi connectivity index (χ1) is 7.84. The monoisotopic (exact) mass is 246 g/mol. The molecule has 2 heteroatoms. The Labute approximate surface area is 105 Å². The summed E-state index contributed by atoms with van der Waals surface area (Å²) in [5.74, 6) is 1.02. The molecule has 0 bridgehead atoms. The summed E-state index contributed by atoms with van der Waals surface area (Å²) in [6, 6.07) is 14.8. The van der Waals surface area contributed by atoms with Crippen LogP contribution < -0.4 is 0 Å². The maximum Gasteiger partial charge on any atom is 0.0544 e. The van der Waals surface area contributed by atoms with Gasteiger partial charge in [-0.05, 0) is 29.2 Å². The van der Waals surface area contributed by atoms with Crippen LogP contribution in [0.4, 0.5) is 0 Å². The summed E-state index contributed by atoms with van der Waals surface area (Å²) < 4.78 is 0. The van der Waals surface area contributed by atoms with Gasteiger partial charge in [0.1, 0.15) is 0 Å². The van der Waals surface area contributed by atoms with Gasteiger partial charge in [0.25, 0.3) is 0 Å². The third-order valence-electron chi connectivity index (χ3n) is 2.92. The van der Waals surface area contributed by atoms with Crippen LogP contribution in [0.1, 0.15) is 16.7 Å².